The van der Waals surface area contributed by atoms with Crippen molar-refractivity contribution in [3.8, 4) is 5.75 Å². The van der Waals surface area contributed by atoms with Crippen LogP contribution in [-0.2, 0) is 24.0 Å². The Morgan fingerprint density at radius 2 is 1.11 bits per heavy atom. The lowest BCUT2D eigenvalue weighted by molar-refractivity contribution is 0.168. The maximum absolute atomic E-state index is 6.97. The smallest absolute Gasteiger partial charge is 0.182 e. The number of nitrogens with zero attached hydrogens (tertiary/aromatic N) is 7. The van der Waals surface area contributed by atoms with E-state index in [-0.39, 0.29) is 12.0 Å². The zero-order valence-corrected chi connectivity index (χ0v) is 42.1. The van der Waals surface area contributed by atoms with Crippen LogP contribution in [0.4, 0.5) is 5.82 Å². The molecule has 0 spiro atoms. The second-order valence-corrected chi connectivity index (χ2v) is 20.0. The Morgan fingerprint density at radius 1 is 0.566 bits per heavy atom. The highest BCUT2D eigenvalue weighted by molar-refractivity contribution is 5.94. The van der Waals surface area contributed by atoms with Crippen LogP contribution in [0.3, 0.4) is 0 Å². The summed E-state index contributed by atoms with van der Waals surface area (Å²) in [6.45, 7) is 2.89. The normalized spacial score (nSPS) is 16.6. The number of nitrogens with one attached hydrogen (secondary N) is 1. The van der Waals surface area contributed by atoms with Gasteiger partial charge < -0.3 is 10.1 Å². The lowest BCUT2D eigenvalue weighted by Crippen LogP contribution is -2.39. The second kappa shape index (κ2) is 20.3. The van der Waals surface area contributed by atoms with Crippen LogP contribution in [0.15, 0.2) is 261 Å². The van der Waals surface area contributed by atoms with Crippen molar-refractivity contribution >= 4 is 22.6 Å². The van der Waals surface area contributed by atoms with Gasteiger partial charge in [0.2, 0.25) is 0 Å². The number of fused-ring (bicyclic) bond motifs is 7. The van der Waals surface area contributed by atoms with E-state index in [1.54, 1.807) is 0 Å². The van der Waals surface area contributed by atoms with Crippen LogP contribution in [0.2, 0.25) is 0 Å². The molecular weight excluding hydrogens is 933 g/mol. The minimum atomic E-state index is -1.01. The van der Waals surface area contributed by atoms with Gasteiger partial charge in [0.05, 0.1) is 12.7 Å². The van der Waals surface area contributed by atoms with Gasteiger partial charge in [-0.1, -0.05) is 236 Å². The number of rotatable bonds is 12. The van der Waals surface area contributed by atoms with Crippen LogP contribution < -0.4 is 10.1 Å². The topological polar surface area (TPSA) is 85.9 Å². The first-order valence-electron chi connectivity index (χ1n) is 26.3. The van der Waals surface area contributed by atoms with Gasteiger partial charge in [0, 0.05) is 42.9 Å². The number of benzene rings is 8. The number of aromatic nitrogens is 6. The number of hydrogen-bond acceptors (Lipinski definition) is 7. The molecule has 11 aromatic rings. The lowest BCUT2D eigenvalue weighted by Gasteiger charge is -2.38. The molecule has 5 heterocycles. The summed E-state index contributed by atoms with van der Waals surface area (Å²) in [4.78, 5) is 8.32. The van der Waals surface area contributed by atoms with Gasteiger partial charge in [-0.3, -0.25) is 9.58 Å². The maximum Gasteiger partial charge on any atom is 0.182 e. The van der Waals surface area contributed by atoms with Crippen LogP contribution in [0.1, 0.15) is 55.6 Å². The highest BCUT2D eigenvalue weighted by Gasteiger charge is 2.43. The van der Waals surface area contributed by atoms with Crippen molar-refractivity contribution in [2.45, 2.75) is 30.1 Å². The first-order valence-corrected chi connectivity index (χ1v) is 26.3. The molecule has 3 aromatic heterocycles. The van der Waals surface area contributed by atoms with Crippen LogP contribution >= 0.6 is 0 Å². The molecule has 9 nitrogen and oxygen atoms in total. The van der Waals surface area contributed by atoms with E-state index in [0.29, 0.717) is 30.1 Å². The molecule has 0 amide bonds. The molecule has 0 saturated carbocycles. The fourth-order valence-corrected chi connectivity index (χ4v) is 11.9. The minimum absolute atomic E-state index is 0.00441. The zero-order valence-electron chi connectivity index (χ0n) is 42.1. The molecule has 0 aliphatic carbocycles. The number of pyridine rings is 1. The standard InChI is InChI=1S/C67H56N8O/c1-8-23-49(24-9-1)41-51-46-73-40-39-60(52-44-68-74(47-52)45-50-25-22-38-59(42-50)76-62(51)48-73)61-43-63(70-66(53-26-10-2-11-27-53,54-28-12-3-13-29-54)55-30-14-4-15-31-55)69-65-64(61)71-72-75(65)67(56-32-16-5-17-33-56,57-34-18-6-19-35-57)58-36-20-7-21-37-58/h1-39,42-44,47,51,62H,40-41,45-46,48H2,(H,69,70)/t51-,62+/m0/s1. The van der Waals surface area contributed by atoms with Crippen LogP contribution in [0.5, 0.6) is 5.75 Å². The molecule has 2 aliphatic rings. The lowest BCUT2D eigenvalue weighted by atomic mass is 9.77. The minimum Gasteiger partial charge on any atom is -0.489 e. The van der Waals surface area contributed by atoms with Gasteiger partial charge in [-0.05, 0) is 74.7 Å². The Bertz CT molecular complexity index is 3560. The Kier molecular flexibility index (Phi) is 12.4. The summed E-state index contributed by atoms with van der Waals surface area (Å²) in [6.07, 6.45) is 7.43. The van der Waals surface area contributed by atoms with Gasteiger partial charge in [-0.25, -0.2) is 9.67 Å². The highest BCUT2D eigenvalue weighted by Crippen LogP contribution is 2.45. The average molecular weight is 989 g/mol. The van der Waals surface area contributed by atoms with Crippen molar-refractivity contribution in [3.63, 3.8) is 0 Å². The van der Waals surface area contributed by atoms with Crippen LogP contribution in [0.25, 0.3) is 16.7 Å². The van der Waals surface area contributed by atoms with Crippen molar-refractivity contribution in [3.05, 3.63) is 317 Å². The quantitative estimate of drug-likeness (QED) is 0.122. The van der Waals surface area contributed by atoms with Crippen molar-refractivity contribution in [2.75, 3.05) is 25.0 Å². The Morgan fingerprint density at radius 3 is 1.67 bits per heavy atom. The molecule has 76 heavy (non-hydrogen) atoms. The predicted octanol–water partition coefficient (Wildman–Crippen LogP) is 12.7. The molecule has 2 aliphatic heterocycles. The predicted molar refractivity (Wildman–Crippen MR) is 302 cm³/mol. The van der Waals surface area contributed by atoms with Crippen LogP contribution in [-0.4, -0.2) is 60.4 Å². The van der Waals surface area contributed by atoms with Gasteiger partial charge in [-0.2, -0.15) is 5.10 Å². The zero-order chi connectivity index (χ0) is 50.7. The molecule has 13 rings (SSSR count). The molecule has 0 radical (unpaired) electrons. The van der Waals surface area contributed by atoms with E-state index in [9.17, 15) is 0 Å². The third kappa shape index (κ3) is 8.64. The van der Waals surface area contributed by atoms with Gasteiger partial charge in [0.25, 0.3) is 0 Å². The summed E-state index contributed by atoms with van der Waals surface area (Å²) in [5.74, 6) is 1.81. The Balaban J connectivity index is 1.07. The second-order valence-electron chi connectivity index (χ2n) is 20.0. The summed E-state index contributed by atoms with van der Waals surface area (Å²) >= 11 is 0. The first kappa shape index (κ1) is 46.6. The Hall–Kier alpha value is -9.18. The molecule has 6 bridgehead atoms. The highest BCUT2D eigenvalue weighted by atomic mass is 16.5. The molecule has 1 fully saturated rings. The monoisotopic (exact) mass is 988 g/mol. The van der Waals surface area contributed by atoms with E-state index in [0.717, 1.165) is 80.9 Å². The van der Waals surface area contributed by atoms with Gasteiger partial charge >= 0.3 is 0 Å². The third-order valence-corrected chi connectivity index (χ3v) is 15.4. The van der Waals surface area contributed by atoms with Crippen LogP contribution in [0, 0.1) is 5.92 Å². The summed E-state index contributed by atoms with van der Waals surface area (Å²) in [5.41, 5.74) is 10.9. The summed E-state index contributed by atoms with van der Waals surface area (Å²) in [7, 11) is 0. The largest absolute Gasteiger partial charge is 0.489 e. The van der Waals surface area contributed by atoms with Crippen molar-refractivity contribution in [1.82, 2.24) is 34.7 Å². The fourth-order valence-electron chi connectivity index (χ4n) is 11.9. The summed E-state index contributed by atoms with van der Waals surface area (Å²) in [5, 5.41) is 19.8. The molecule has 3 atom stereocenters. The molecule has 8 aromatic carbocycles. The van der Waals surface area contributed by atoms with Crippen molar-refractivity contribution in [2.24, 2.45) is 5.92 Å². The molecule has 9 heteroatoms. The van der Waals surface area contributed by atoms with E-state index in [4.69, 9.17) is 25.1 Å². The number of ether oxygens (including phenoxy) is 1. The van der Waals surface area contributed by atoms with E-state index in [2.05, 4.69) is 270 Å². The summed E-state index contributed by atoms with van der Waals surface area (Å²) < 4.78 is 11.0. The van der Waals surface area contributed by atoms with Gasteiger partial charge in [0.1, 0.15) is 34.3 Å². The fraction of sp³-hybridized carbons (Fsp3) is 0.134. The molecular formula is C67H56N8O. The third-order valence-electron chi connectivity index (χ3n) is 15.4. The van der Waals surface area contributed by atoms with E-state index < -0.39 is 11.1 Å². The molecule has 1 unspecified atom stereocenters. The van der Waals surface area contributed by atoms with E-state index in [1.165, 1.54) is 5.56 Å². The molecule has 1 N–H and O–H groups in total. The molecule has 370 valence electrons. The van der Waals surface area contributed by atoms with Crippen molar-refractivity contribution in [1.29, 1.82) is 0 Å². The number of hydrogen-bond donors (Lipinski definition) is 1. The average Bonchev–Trinajstić information content (AvgIpc) is 4.28. The summed E-state index contributed by atoms with van der Waals surface area (Å²) in [6, 6.07) is 85.5. The van der Waals surface area contributed by atoms with E-state index in [1.807, 2.05) is 10.9 Å². The van der Waals surface area contributed by atoms with Gasteiger partial charge in [0.15, 0.2) is 5.65 Å². The van der Waals surface area contributed by atoms with Gasteiger partial charge in [-0.15, -0.1) is 5.10 Å². The Labute approximate surface area is 443 Å². The SMILES string of the molecule is C1=C(c2cc(NC(c3ccccc3)(c3ccccc3)c3ccccc3)nc3c2nnn3C(c2ccccc2)(c2ccccc2)c2ccccc2)c2cnn(c2)Cc2cccc(c2)O[C@@H]2CN(C1)C[C@@H]2Cc1ccccc1. The number of anilines is 1. The maximum atomic E-state index is 6.97. The van der Waals surface area contributed by atoms with E-state index >= 15 is 0 Å². The molecule has 1 saturated heterocycles. The first-order chi connectivity index (χ1) is 37.6. The van der Waals surface area contributed by atoms with Crippen molar-refractivity contribution < 1.29 is 4.74 Å².